The van der Waals surface area contributed by atoms with Gasteiger partial charge in [0.05, 0.1) is 11.4 Å². The molecule has 0 amide bonds. The first-order valence-corrected chi connectivity index (χ1v) is 5.99. The number of rotatable bonds is 3. The minimum Gasteiger partial charge on any atom is -0.507 e. The van der Waals surface area contributed by atoms with Gasteiger partial charge in [-0.15, -0.1) is 0 Å². The van der Waals surface area contributed by atoms with E-state index in [2.05, 4.69) is 0 Å². The Hall–Kier alpha value is -1.97. The van der Waals surface area contributed by atoms with Gasteiger partial charge in [-0.3, -0.25) is 4.79 Å². The standard InChI is InChI=1S/C14H17NO3/c1-8(2)15-11-5-4-6-13(16)10(11)7-12(15)9(3)14(17)18/h4-9,16H,1-3H3,(H,17,18). The number of aromatic hydroxyl groups is 1. The van der Waals surface area contributed by atoms with Crippen molar-refractivity contribution in [1.82, 2.24) is 4.57 Å². The first-order chi connectivity index (χ1) is 8.43. The summed E-state index contributed by atoms with van der Waals surface area (Å²) in [4.78, 5) is 11.2. The molecule has 1 aromatic heterocycles. The van der Waals surface area contributed by atoms with Gasteiger partial charge in [-0.25, -0.2) is 0 Å². The number of carboxylic acid groups (broad SMARTS) is 1. The number of phenolic OH excluding ortho intramolecular Hbond substituents is 1. The van der Waals surface area contributed by atoms with E-state index in [0.717, 1.165) is 5.52 Å². The summed E-state index contributed by atoms with van der Waals surface area (Å²) in [6.45, 7) is 5.66. The summed E-state index contributed by atoms with van der Waals surface area (Å²) < 4.78 is 1.97. The van der Waals surface area contributed by atoms with Crippen molar-refractivity contribution < 1.29 is 15.0 Å². The number of aliphatic carboxylic acids is 1. The molecule has 1 unspecified atom stereocenters. The lowest BCUT2D eigenvalue weighted by Crippen LogP contribution is -2.14. The highest BCUT2D eigenvalue weighted by Crippen LogP contribution is 2.33. The van der Waals surface area contributed by atoms with Gasteiger partial charge in [0.2, 0.25) is 0 Å². The van der Waals surface area contributed by atoms with Gasteiger partial charge in [0.15, 0.2) is 0 Å². The van der Waals surface area contributed by atoms with E-state index in [1.165, 1.54) is 0 Å². The highest BCUT2D eigenvalue weighted by Gasteiger charge is 2.22. The normalized spacial score (nSPS) is 13.1. The third-order valence-electron chi connectivity index (χ3n) is 3.22. The van der Waals surface area contributed by atoms with Crippen LogP contribution in [-0.4, -0.2) is 20.7 Å². The predicted octanol–water partition coefficient (Wildman–Crippen LogP) is 3.12. The van der Waals surface area contributed by atoms with Crippen molar-refractivity contribution in [1.29, 1.82) is 0 Å². The van der Waals surface area contributed by atoms with E-state index >= 15 is 0 Å². The molecule has 0 saturated heterocycles. The number of benzene rings is 1. The molecule has 0 spiro atoms. The fourth-order valence-corrected chi connectivity index (χ4v) is 2.29. The van der Waals surface area contributed by atoms with Crippen LogP contribution in [0.4, 0.5) is 0 Å². The molecule has 0 bridgehead atoms. The van der Waals surface area contributed by atoms with Gasteiger partial charge < -0.3 is 14.8 Å². The van der Waals surface area contributed by atoms with Gasteiger partial charge in [0.1, 0.15) is 5.75 Å². The Morgan fingerprint density at radius 2 is 1.94 bits per heavy atom. The zero-order valence-electron chi connectivity index (χ0n) is 10.7. The second kappa shape index (κ2) is 4.37. The smallest absolute Gasteiger partial charge is 0.312 e. The largest absolute Gasteiger partial charge is 0.507 e. The monoisotopic (exact) mass is 247 g/mol. The quantitative estimate of drug-likeness (QED) is 0.876. The van der Waals surface area contributed by atoms with Gasteiger partial charge in [0, 0.05) is 17.1 Å². The van der Waals surface area contributed by atoms with Gasteiger partial charge in [-0.1, -0.05) is 6.07 Å². The average Bonchev–Trinajstić information content (AvgIpc) is 2.68. The molecule has 96 valence electrons. The average molecular weight is 247 g/mol. The van der Waals surface area contributed by atoms with Crippen LogP contribution >= 0.6 is 0 Å². The second-order valence-corrected chi connectivity index (χ2v) is 4.80. The molecule has 2 N–H and O–H groups in total. The summed E-state index contributed by atoms with van der Waals surface area (Å²) in [7, 11) is 0. The van der Waals surface area contributed by atoms with Crippen molar-refractivity contribution in [2.24, 2.45) is 0 Å². The van der Waals surface area contributed by atoms with Gasteiger partial charge in [0.25, 0.3) is 0 Å². The summed E-state index contributed by atoms with van der Waals surface area (Å²) in [5.74, 6) is -1.27. The van der Waals surface area contributed by atoms with E-state index in [-0.39, 0.29) is 11.8 Å². The number of nitrogens with zero attached hydrogens (tertiary/aromatic N) is 1. The highest BCUT2D eigenvalue weighted by atomic mass is 16.4. The Labute approximate surface area is 105 Å². The third-order valence-corrected chi connectivity index (χ3v) is 3.22. The van der Waals surface area contributed by atoms with E-state index < -0.39 is 11.9 Å². The third kappa shape index (κ3) is 1.83. The lowest BCUT2D eigenvalue weighted by Gasteiger charge is -2.17. The zero-order valence-corrected chi connectivity index (χ0v) is 10.7. The van der Waals surface area contributed by atoms with Crippen LogP contribution < -0.4 is 0 Å². The molecular weight excluding hydrogens is 230 g/mol. The van der Waals surface area contributed by atoms with Crippen molar-refractivity contribution >= 4 is 16.9 Å². The molecule has 0 radical (unpaired) electrons. The second-order valence-electron chi connectivity index (χ2n) is 4.80. The van der Waals surface area contributed by atoms with E-state index in [1.54, 1.807) is 25.1 Å². The fraction of sp³-hybridized carbons (Fsp3) is 0.357. The van der Waals surface area contributed by atoms with Gasteiger partial charge >= 0.3 is 5.97 Å². The van der Waals surface area contributed by atoms with Crippen LogP contribution in [0.3, 0.4) is 0 Å². The Balaban J connectivity index is 2.77. The van der Waals surface area contributed by atoms with Crippen molar-refractivity contribution in [3.63, 3.8) is 0 Å². The SMILES string of the molecule is CC(C(=O)O)c1cc2c(O)cccc2n1C(C)C. The van der Waals surface area contributed by atoms with Crippen molar-refractivity contribution in [3.05, 3.63) is 30.0 Å². The molecule has 0 aliphatic rings. The van der Waals surface area contributed by atoms with Crippen molar-refractivity contribution in [2.45, 2.75) is 32.7 Å². The molecule has 0 aliphatic heterocycles. The molecule has 18 heavy (non-hydrogen) atoms. The molecule has 1 heterocycles. The Morgan fingerprint density at radius 3 is 2.50 bits per heavy atom. The van der Waals surface area contributed by atoms with E-state index in [1.807, 2.05) is 24.5 Å². The summed E-state index contributed by atoms with van der Waals surface area (Å²) in [6.07, 6.45) is 0. The summed E-state index contributed by atoms with van der Waals surface area (Å²) in [5.41, 5.74) is 1.59. The van der Waals surface area contributed by atoms with Crippen LogP contribution in [0, 0.1) is 0 Å². The number of fused-ring (bicyclic) bond motifs is 1. The predicted molar refractivity (Wildman–Crippen MR) is 70.0 cm³/mol. The Morgan fingerprint density at radius 1 is 1.28 bits per heavy atom. The molecule has 4 nitrogen and oxygen atoms in total. The van der Waals surface area contributed by atoms with Crippen LogP contribution in [0.5, 0.6) is 5.75 Å². The fourth-order valence-electron chi connectivity index (χ4n) is 2.29. The van der Waals surface area contributed by atoms with Crippen LogP contribution in [0.1, 0.15) is 38.4 Å². The Bertz CT molecular complexity index is 598. The first kappa shape index (κ1) is 12.5. The number of aromatic nitrogens is 1. The summed E-state index contributed by atoms with van der Waals surface area (Å²) >= 11 is 0. The number of carboxylic acids is 1. The van der Waals surface area contributed by atoms with E-state index in [9.17, 15) is 9.90 Å². The minimum absolute atomic E-state index is 0.140. The molecule has 1 aromatic carbocycles. The molecule has 0 fully saturated rings. The maximum absolute atomic E-state index is 11.2. The number of carbonyl (C=O) groups is 1. The number of phenols is 1. The van der Waals surface area contributed by atoms with Crippen molar-refractivity contribution in [3.8, 4) is 5.75 Å². The lowest BCUT2D eigenvalue weighted by molar-refractivity contribution is -0.138. The molecule has 4 heteroatoms. The van der Waals surface area contributed by atoms with E-state index in [4.69, 9.17) is 5.11 Å². The zero-order chi connectivity index (χ0) is 13.4. The molecule has 2 aromatic rings. The Kier molecular flexibility index (Phi) is 3.03. The van der Waals surface area contributed by atoms with Crippen LogP contribution in [0.2, 0.25) is 0 Å². The maximum Gasteiger partial charge on any atom is 0.312 e. The lowest BCUT2D eigenvalue weighted by atomic mass is 10.1. The van der Waals surface area contributed by atoms with Crippen LogP contribution in [-0.2, 0) is 4.79 Å². The van der Waals surface area contributed by atoms with Gasteiger partial charge in [-0.05, 0) is 39.0 Å². The maximum atomic E-state index is 11.2. The van der Waals surface area contributed by atoms with Gasteiger partial charge in [-0.2, -0.15) is 0 Å². The van der Waals surface area contributed by atoms with Crippen LogP contribution in [0.25, 0.3) is 10.9 Å². The minimum atomic E-state index is -0.862. The summed E-state index contributed by atoms with van der Waals surface area (Å²) in [6, 6.07) is 7.19. The first-order valence-electron chi connectivity index (χ1n) is 5.99. The van der Waals surface area contributed by atoms with Crippen molar-refractivity contribution in [2.75, 3.05) is 0 Å². The van der Waals surface area contributed by atoms with E-state index in [0.29, 0.717) is 11.1 Å². The molecular formula is C14H17NO3. The summed E-state index contributed by atoms with van der Waals surface area (Å²) in [5, 5.41) is 19.7. The van der Waals surface area contributed by atoms with Crippen LogP contribution in [0.15, 0.2) is 24.3 Å². The molecule has 1 atom stereocenters. The number of hydrogen-bond donors (Lipinski definition) is 2. The molecule has 0 saturated carbocycles. The topological polar surface area (TPSA) is 62.5 Å². The molecule has 2 rings (SSSR count). The number of hydrogen-bond acceptors (Lipinski definition) is 2. The highest BCUT2D eigenvalue weighted by molar-refractivity contribution is 5.89. The molecule has 0 aliphatic carbocycles.